The fraction of sp³-hybridized carbons (Fsp3) is 0.417. The highest BCUT2D eigenvalue weighted by Gasteiger charge is 2.31. The molecule has 1 N–H and O–H groups in total. The Kier molecular flexibility index (Phi) is 4.62. The normalized spacial score (nSPS) is 20.1. The Labute approximate surface area is 129 Å². The molecule has 7 nitrogen and oxygen atoms in total. The zero-order valence-corrected chi connectivity index (χ0v) is 13.3. The van der Waals surface area contributed by atoms with E-state index in [1.807, 2.05) is 0 Å². The molecular formula is C12H13BrN2O5S. The Hall–Kier alpha value is -1.48. The van der Waals surface area contributed by atoms with Crippen LogP contribution in [0.3, 0.4) is 0 Å². The smallest absolute Gasteiger partial charge is 0.284 e. The molecule has 9 heteroatoms. The van der Waals surface area contributed by atoms with Gasteiger partial charge in [0.05, 0.1) is 20.4 Å². The fourth-order valence-electron chi connectivity index (χ4n) is 2.19. The molecule has 1 amide bonds. The summed E-state index contributed by atoms with van der Waals surface area (Å²) in [7, 11) is -3.12. The Morgan fingerprint density at radius 1 is 1.48 bits per heavy atom. The first-order valence-electron chi connectivity index (χ1n) is 6.25. The van der Waals surface area contributed by atoms with E-state index < -0.39 is 25.9 Å². The van der Waals surface area contributed by atoms with Gasteiger partial charge >= 0.3 is 0 Å². The van der Waals surface area contributed by atoms with Crippen LogP contribution in [0, 0.1) is 10.1 Å². The van der Waals surface area contributed by atoms with E-state index in [1.54, 1.807) is 0 Å². The minimum absolute atomic E-state index is 0.0328. The fourth-order valence-corrected chi connectivity index (χ4v) is 4.35. The monoisotopic (exact) mass is 376 g/mol. The first-order chi connectivity index (χ1) is 9.81. The van der Waals surface area contributed by atoms with Crippen molar-refractivity contribution in [3.05, 3.63) is 38.3 Å². The van der Waals surface area contributed by atoms with Gasteiger partial charge in [0.25, 0.3) is 11.6 Å². The minimum atomic E-state index is -3.12. The maximum atomic E-state index is 12.0. The lowest BCUT2D eigenvalue weighted by atomic mass is 10.2. The standard InChI is InChI=1S/C12H13BrN2O5S/c13-10-4-3-8(6-11(10)15(17)18)12(16)14-7-9-2-1-5-21(9,19)20/h3-4,6,9H,1-2,5,7H2,(H,14,16). The topological polar surface area (TPSA) is 106 Å². The van der Waals surface area contributed by atoms with Crippen molar-refractivity contribution in [2.45, 2.75) is 18.1 Å². The Morgan fingerprint density at radius 2 is 2.19 bits per heavy atom. The Bertz CT molecular complexity index is 689. The summed E-state index contributed by atoms with van der Waals surface area (Å²) in [6.45, 7) is 0.0328. The largest absolute Gasteiger partial charge is 0.351 e. The van der Waals surface area contributed by atoms with Crippen molar-refractivity contribution >= 4 is 37.4 Å². The highest BCUT2D eigenvalue weighted by molar-refractivity contribution is 9.10. The molecule has 0 aliphatic carbocycles. The van der Waals surface area contributed by atoms with E-state index >= 15 is 0 Å². The predicted octanol–water partition coefficient (Wildman–Crippen LogP) is 1.66. The molecule has 1 aliphatic rings. The van der Waals surface area contributed by atoms with Gasteiger partial charge in [-0.2, -0.15) is 0 Å². The van der Waals surface area contributed by atoms with Gasteiger partial charge in [-0.15, -0.1) is 0 Å². The molecule has 0 spiro atoms. The zero-order valence-electron chi connectivity index (χ0n) is 10.9. The van der Waals surface area contributed by atoms with Gasteiger partial charge < -0.3 is 5.32 Å². The first-order valence-corrected chi connectivity index (χ1v) is 8.76. The van der Waals surface area contributed by atoms with Crippen LogP contribution in [-0.4, -0.2) is 36.8 Å². The van der Waals surface area contributed by atoms with Crippen LogP contribution < -0.4 is 5.32 Å². The van der Waals surface area contributed by atoms with Crippen LogP contribution in [0.2, 0.25) is 0 Å². The number of halogens is 1. The van der Waals surface area contributed by atoms with E-state index in [2.05, 4.69) is 21.2 Å². The number of benzene rings is 1. The molecule has 1 heterocycles. The molecule has 1 unspecified atom stereocenters. The van der Waals surface area contributed by atoms with Gasteiger partial charge in [0.1, 0.15) is 0 Å². The summed E-state index contributed by atoms with van der Waals surface area (Å²) in [5, 5.41) is 12.8. The first kappa shape index (κ1) is 15.9. The van der Waals surface area contributed by atoms with Crippen LogP contribution in [0.1, 0.15) is 23.2 Å². The molecule has 1 aromatic rings. The molecule has 114 valence electrons. The van der Waals surface area contributed by atoms with Gasteiger partial charge in [0.2, 0.25) is 0 Å². The van der Waals surface area contributed by atoms with Gasteiger partial charge in [0, 0.05) is 18.2 Å². The van der Waals surface area contributed by atoms with Gasteiger partial charge in [-0.25, -0.2) is 8.42 Å². The third kappa shape index (κ3) is 3.59. The third-order valence-electron chi connectivity index (χ3n) is 3.36. The van der Waals surface area contributed by atoms with Crippen LogP contribution in [0.5, 0.6) is 0 Å². The lowest BCUT2D eigenvalue weighted by molar-refractivity contribution is -0.385. The summed E-state index contributed by atoms with van der Waals surface area (Å²) in [6, 6.07) is 4.01. The molecule has 21 heavy (non-hydrogen) atoms. The lowest BCUT2D eigenvalue weighted by Crippen LogP contribution is -2.34. The number of nitro groups is 1. The van der Waals surface area contributed by atoms with E-state index in [4.69, 9.17) is 0 Å². The molecule has 0 saturated carbocycles. The number of hydrogen-bond donors (Lipinski definition) is 1. The molecule has 1 saturated heterocycles. The second-order valence-corrected chi connectivity index (χ2v) is 8.02. The number of rotatable bonds is 4. The molecule has 1 fully saturated rings. The zero-order chi connectivity index (χ0) is 15.6. The molecule has 0 aromatic heterocycles. The predicted molar refractivity (Wildman–Crippen MR) is 79.9 cm³/mol. The summed E-state index contributed by atoms with van der Waals surface area (Å²) in [4.78, 5) is 22.2. The van der Waals surface area contributed by atoms with Gasteiger partial charge in [-0.1, -0.05) is 0 Å². The number of carbonyl (C=O) groups is 1. The SMILES string of the molecule is O=C(NCC1CCCS1(=O)=O)c1ccc(Br)c([N+](=O)[O-])c1. The second-order valence-electron chi connectivity index (χ2n) is 4.76. The van der Waals surface area contributed by atoms with Crippen LogP contribution in [-0.2, 0) is 9.84 Å². The van der Waals surface area contributed by atoms with Crippen molar-refractivity contribution in [2.24, 2.45) is 0 Å². The molecule has 1 aliphatic heterocycles. The number of amides is 1. The van der Waals surface area contributed by atoms with E-state index in [1.165, 1.54) is 12.1 Å². The maximum Gasteiger partial charge on any atom is 0.284 e. The van der Waals surface area contributed by atoms with Gasteiger partial charge in [0.15, 0.2) is 9.84 Å². The summed E-state index contributed by atoms with van der Waals surface area (Å²) in [6.07, 6.45) is 1.13. The quantitative estimate of drug-likeness (QED) is 0.635. The highest BCUT2D eigenvalue weighted by Crippen LogP contribution is 2.25. The van der Waals surface area contributed by atoms with Crippen molar-refractivity contribution in [1.29, 1.82) is 0 Å². The number of nitro benzene ring substituents is 1. The van der Waals surface area contributed by atoms with Crippen molar-refractivity contribution < 1.29 is 18.1 Å². The molecule has 1 atom stereocenters. The van der Waals surface area contributed by atoms with Gasteiger partial charge in [-0.05, 0) is 40.9 Å². The number of hydrogen-bond acceptors (Lipinski definition) is 5. The Balaban J connectivity index is 2.07. The highest BCUT2D eigenvalue weighted by atomic mass is 79.9. The molecular weight excluding hydrogens is 364 g/mol. The van der Waals surface area contributed by atoms with E-state index in [9.17, 15) is 23.3 Å². The van der Waals surface area contributed by atoms with Crippen LogP contribution in [0.15, 0.2) is 22.7 Å². The van der Waals surface area contributed by atoms with E-state index in [0.717, 1.165) is 6.07 Å². The number of carbonyl (C=O) groups excluding carboxylic acids is 1. The van der Waals surface area contributed by atoms with Crippen molar-refractivity contribution in [3.63, 3.8) is 0 Å². The van der Waals surface area contributed by atoms with E-state index in [0.29, 0.717) is 12.8 Å². The van der Waals surface area contributed by atoms with Crippen molar-refractivity contribution in [3.8, 4) is 0 Å². The maximum absolute atomic E-state index is 12.0. The van der Waals surface area contributed by atoms with Crippen molar-refractivity contribution in [1.82, 2.24) is 5.32 Å². The lowest BCUT2D eigenvalue weighted by Gasteiger charge is -2.10. The third-order valence-corrected chi connectivity index (χ3v) is 6.30. The Morgan fingerprint density at radius 3 is 2.76 bits per heavy atom. The average molecular weight is 377 g/mol. The number of nitrogens with one attached hydrogen (secondary N) is 1. The molecule has 0 radical (unpaired) electrons. The summed E-state index contributed by atoms with van der Waals surface area (Å²) < 4.78 is 23.6. The average Bonchev–Trinajstić information content (AvgIpc) is 2.75. The van der Waals surface area contributed by atoms with Crippen LogP contribution in [0.25, 0.3) is 0 Å². The summed E-state index contributed by atoms with van der Waals surface area (Å²) in [5.74, 6) is -0.371. The summed E-state index contributed by atoms with van der Waals surface area (Å²) >= 11 is 3.04. The second kappa shape index (κ2) is 6.10. The van der Waals surface area contributed by atoms with Crippen LogP contribution >= 0.6 is 15.9 Å². The number of nitrogens with zero attached hydrogens (tertiary/aromatic N) is 1. The summed E-state index contributed by atoms with van der Waals surface area (Å²) in [5.41, 5.74) is -0.0866. The molecule has 2 rings (SSSR count). The molecule has 0 bridgehead atoms. The van der Waals surface area contributed by atoms with Crippen molar-refractivity contribution in [2.75, 3.05) is 12.3 Å². The van der Waals surface area contributed by atoms with Crippen LogP contribution in [0.4, 0.5) is 5.69 Å². The number of sulfone groups is 1. The van der Waals surface area contributed by atoms with E-state index in [-0.39, 0.29) is 28.0 Å². The molecule has 1 aromatic carbocycles. The van der Waals surface area contributed by atoms with Gasteiger partial charge in [-0.3, -0.25) is 14.9 Å². The minimum Gasteiger partial charge on any atom is -0.351 e.